The van der Waals surface area contributed by atoms with Crippen LogP contribution < -0.4 is 26.2 Å². The Hall–Kier alpha value is -11.8. The first kappa shape index (κ1) is 51.6. The third kappa shape index (κ3) is 8.89. The van der Waals surface area contributed by atoms with Crippen LogP contribution in [0.15, 0.2) is 303 Å². The number of para-hydroxylation sites is 4. The lowest BCUT2D eigenvalue weighted by Gasteiger charge is -2.44. The fourth-order valence-electron chi connectivity index (χ4n) is 13.4. The van der Waals surface area contributed by atoms with Crippen molar-refractivity contribution >= 4 is 79.0 Å². The standard InChI is InChI=1S/C80H53BN8/c1-52-40-46-70-63(48-52)62-32-14-17-35-69(62)89(70)71-47-43-59(79-85-77(55-24-8-3-9-25-55)84-78(86-79)56-26-10-4-11-27-56)50-64(71)80-82-67(54-22-6-2-7-23-54)51-68(83-80)58-29-20-28-57(49-58)53-41-44-61(45-42-53)88-73-37-19-16-34-66(73)81-65-33-15-18-36-72(65)87(60-30-12-5-13-31-60)74-38-21-39-75(88)76(74)81/h2-51H,1H3. The number of aryl methyl sites for hydroxylation is 1. The molecule has 416 valence electrons. The second-order valence-electron chi connectivity index (χ2n) is 22.9. The maximum atomic E-state index is 5.64. The number of hydrogen-bond acceptors (Lipinski definition) is 7. The topological polar surface area (TPSA) is 75.9 Å². The molecule has 5 heterocycles. The Morgan fingerprint density at radius 2 is 0.764 bits per heavy atom. The summed E-state index contributed by atoms with van der Waals surface area (Å²) in [5.41, 5.74) is 24.3. The Morgan fingerprint density at radius 1 is 0.281 bits per heavy atom. The van der Waals surface area contributed by atoms with Gasteiger partial charge in [0.25, 0.3) is 6.71 Å². The van der Waals surface area contributed by atoms with Crippen molar-refractivity contribution in [2.75, 3.05) is 9.80 Å². The van der Waals surface area contributed by atoms with Crippen LogP contribution in [0.25, 0.3) is 107 Å². The first-order valence-electron chi connectivity index (χ1n) is 30.2. The summed E-state index contributed by atoms with van der Waals surface area (Å²) in [6.45, 7) is 2.22. The Bertz CT molecular complexity index is 5170. The predicted molar refractivity (Wildman–Crippen MR) is 367 cm³/mol. The number of nitrogens with zero attached hydrogens (tertiary/aromatic N) is 8. The quantitative estimate of drug-likeness (QED) is 0.126. The maximum Gasteiger partial charge on any atom is 0.252 e. The molecule has 3 aromatic heterocycles. The van der Waals surface area contributed by atoms with Crippen LogP contribution in [0, 0.1) is 6.92 Å². The highest BCUT2D eigenvalue weighted by atomic mass is 15.2. The normalized spacial score (nSPS) is 12.3. The minimum atomic E-state index is 0.0711. The van der Waals surface area contributed by atoms with E-state index in [1.165, 1.54) is 50.1 Å². The number of fused-ring (bicyclic) bond motifs is 7. The fraction of sp³-hybridized carbons (Fsp3) is 0.0125. The summed E-state index contributed by atoms with van der Waals surface area (Å²) >= 11 is 0. The summed E-state index contributed by atoms with van der Waals surface area (Å²) in [7, 11) is 0. The van der Waals surface area contributed by atoms with Crippen molar-refractivity contribution in [2.45, 2.75) is 6.92 Å². The number of anilines is 6. The van der Waals surface area contributed by atoms with Crippen molar-refractivity contribution in [2.24, 2.45) is 0 Å². The van der Waals surface area contributed by atoms with Gasteiger partial charge in [0, 0.05) is 78.3 Å². The molecule has 0 saturated carbocycles. The zero-order chi connectivity index (χ0) is 58.9. The lowest BCUT2D eigenvalue weighted by molar-refractivity contribution is 1.07. The molecular formula is C80H53BN8. The largest absolute Gasteiger partial charge is 0.311 e. The van der Waals surface area contributed by atoms with E-state index in [4.69, 9.17) is 24.9 Å². The van der Waals surface area contributed by atoms with E-state index in [0.29, 0.717) is 23.3 Å². The predicted octanol–water partition coefficient (Wildman–Crippen LogP) is 17.8. The molecule has 0 aliphatic carbocycles. The van der Waals surface area contributed by atoms with E-state index >= 15 is 0 Å². The van der Waals surface area contributed by atoms with Crippen molar-refractivity contribution in [1.82, 2.24) is 29.5 Å². The molecule has 0 radical (unpaired) electrons. The first-order chi connectivity index (χ1) is 44.0. The SMILES string of the molecule is Cc1ccc2c(c1)c1ccccc1n2-c1ccc(-c2nc(-c3ccccc3)nc(-c3ccccc3)n2)cc1-c1nc(-c2ccccc2)cc(-c2cccc(-c3ccc(N4c5ccccc5B5c6ccccc6N(c6ccccc6)c6cccc4c65)cc3)c2)n1. The highest BCUT2D eigenvalue weighted by Gasteiger charge is 2.43. The average molecular weight is 1140 g/mol. The molecule has 0 fully saturated rings. The monoisotopic (exact) mass is 1140 g/mol. The van der Waals surface area contributed by atoms with E-state index in [-0.39, 0.29) is 6.71 Å². The second-order valence-corrected chi connectivity index (χ2v) is 22.9. The Balaban J connectivity index is 0.808. The highest BCUT2D eigenvalue weighted by Crippen LogP contribution is 2.45. The van der Waals surface area contributed by atoms with Crippen molar-refractivity contribution in [3.05, 3.63) is 309 Å². The molecular weight excluding hydrogens is 1080 g/mol. The summed E-state index contributed by atoms with van der Waals surface area (Å²) in [6.07, 6.45) is 0. The van der Waals surface area contributed by atoms with Crippen LogP contribution in [0.3, 0.4) is 0 Å². The Kier molecular flexibility index (Phi) is 12.4. The van der Waals surface area contributed by atoms with E-state index in [2.05, 4.69) is 258 Å². The van der Waals surface area contributed by atoms with Gasteiger partial charge in [0.05, 0.1) is 28.1 Å². The molecule has 17 rings (SSSR count). The van der Waals surface area contributed by atoms with Crippen molar-refractivity contribution in [1.29, 1.82) is 0 Å². The van der Waals surface area contributed by atoms with E-state index < -0.39 is 0 Å². The van der Waals surface area contributed by atoms with Gasteiger partial charge in [-0.15, -0.1) is 0 Å². The summed E-state index contributed by atoms with van der Waals surface area (Å²) in [5.74, 6) is 2.28. The number of hydrogen-bond donors (Lipinski definition) is 0. The molecule has 9 heteroatoms. The van der Waals surface area contributed by atoms with Gasteiger partial charge in [-0.25, -0.2) is 24.9 Å². The average Bonchev–Trinajstić information content (AvgIpc) is 1.13. The first-order valence-corrected chi connectivity index (χ1v) is 30.2. The molecule has 0 spiro atoms. The van der Waals surface area contributed by atoms with Gasteiger partial charge in [0.2, 0.25) is 0 Å². The smallest absolute Gasteiger partial charge is 0.252 e. The van der Waals surface area contributed by atoms with E-state index in [1.54, 1.807) is 0 Å². The number of benzene rings is 12. The third-order valence-corrected chi connectivity index (χ3v) is 17.5. The lowest BCUT2D eigenvalue weighted by Crippen LogP contribution is -2.61. The van der Waals surface area contributed by atoms with Crippen LogP contribution in [0.4, 0.5) is 34.1 Å². The Labute approximate surface area is 516 Å². The van der Waals surface area contributed by atoms with Crippen LogP contribution >= 0.6 is 0 Å². The third-order valence-electron chi connectivity index (χ3n) is 17.5. The molecule has 15 aromatic rings. The van der Waals surface area contributed by atoms with Crippen LogP contribution in [-0.4, -0.2) is 36.2 Å². The van der Waals surface area contributed by atoms with Crippen molar-refractivity contribution in [3.8, 4) is 84.9 Å². The summed E-state index contributed by atoms with van der Waals surface area (Å²) in [4.78, 5) is 31.5. The van der Waals surface area contributed by atoms with Gasteiger partial charge in [-0.2, -0.15) is 0 Å². The Morgan fingerprint density at radius 3 is 1.42 bits per heavy atom. The highest BCUT2D eigenvalue weighted by molar-refractivity contribution is 7.00. The fourth-order valence-corrected chi connectivity index (χ4v) is 13.4. The summed E-state index contributed by atoms with van der Waals surface area (Å²) in [5, 5.41) is 2.34. The molecule has 0 bridgehead atoms. The van der Waals surface area contributed by atoms with Gasteiger partial charge in [-0.05, 0) is 132 Å². The van der Waals surface area contributed by atoms with Gasteiger partial charge in [-0.1, -0.05) is 212 Å². The van der Waals surface area contributed by atoms with Gasteiger partial charge < -0.3 is 14.4 Å². The molecule has 0 amide bonds. The molecule has 0 unspecified atom stereocenters. The van der Waals surface area contributed by atoms with Gasteiger partial charge >= 0.3 is 0 Å². The van der Waals surface area contributed by atoms with Gasteiger partial charge in [0.15, 0.2) is 23.3 Å². The molecule has 12 aromatic carbocycles. The summed E-state index contributed by atoms with van der Waals surface area (Å²) < 4.78 is 2.36. The molecule has 8 nitrogen and oxygen atoms in total. The van der Waals surface area contributed by atoms with E-state index in [0.717, 1.165) is 89.4 Å². The van der Waals surface area contributed by atoms with Crippen LogP contribution in [-0.2, 0) is 0 Å². The zero-order valence-corrected chi connectivity index (χ0v) is 48.5. The van der Waals surface area contributed by atoms with Crippen LogP contribution in [0.1, 0.15) is 5.56 Å². The van der Waals surface area contributed by atoms with Gasteiger partial charge in [-0.3, -0.25) is 0 Å². The molecule has 2 aliphatic rings. The van der Waals surface area contributed by atoms with Crippen molar-refractivity contribution < 1.29 is 0 Å². The minimum absolute atomic E-state index is 0.0711. The molecule has 0 N–H and O–H groups in total. The van der Waals surface area contributed by atoms with Gasteiger partial charge in [0.1, 0.15) is 0 Å². The number of aromatic nitrogens is 6. The maximum absolute atomic E-state index is 5.64. The van der Waals surface area contributed by atoms with Crippen LogP contribution in [0.5, 0.6) is 0 Å². The molecule has 2 aliphatic heterocycles. The van der Waals surface area contributed by atoms with E-state index in [1.807, 2.05) is 66.7 Å². The van der Waals surface area contributed by atoms with Crippen molar-refractivity contribution in [3.63, 3.8) is 0 Å². The summed E-state index contributed by atoms with van der Waals surface area (Å²) in [6, 6.07) is 108. The molecule has 0 saturated heterocycles. The van der Waals surface area contributed by atoms with E-state index in [9.17, 15) is 0 Å². The lowest BCUT2D eigenvalue weighted by atomic mass is 9.33. The minimum Gasteiger partial charge on any atom is -0.311 e. The molecule has 0 atom stereocenters. The number of rotatable bonds is 10. The zero-order valence-electron chi connectivity index (χ0n) is 48.5. The van der Waals surface area contributed by atoms with Crippen LogP contribution in [0.2, 0.25) is 0 Å². The second kappa shape index (κ2) is 21.3. The molecule has 89 heavy (non-hydrogen) atoms.